The van der Waals surface area contributed by atoms with Crippen molar-refractivity contribution in [2.45, 2.75) is 43.9 Å². The van der Waals surface area contributed by atoms with Gasteiger partial charge in [0.1, 0.15) is 11.3 Å². The number of amides is 1. The molecule has 2 atom stereocenters. The van der Waals surface area contributed by atoms with E-state index in [1.165, 1.54) is 24.1 Å². The predicted octanol–water partition coefficient (Wildman–Crippen LogP) is 5.52. The molecule has 1 amide bonds. The third kappa shape index (κ3) is 7.49. The number of hydrogen-bond acceptors (Lipinski definition) is 10. The molecule has 0 saturated carbocycles. The highest BCUT2D eigenvalue weighted by Crippen LogP contribution is 2.37. The number of piperidine rings is 2. The molecule has 14 heteroatoms. The minimum absolute atomic E-state index is 0.0149. The number of thiazole rings is 1. The number of aromatic nitrogens is 5. The number of carbonyl (C=O) groups excluding carboxylic acids is 1. The fourth-order valence-electron chi connectivity index (χ4n) is 7.89. The number of hydrogen-bond donors (Lipinski definition) is 1. The lowest BCUT2D eigenvalue weighted by atomic mass is 9.79. The van der Waals surface area contributed by atoms with Crippen LogP contribution in [0.1, 0.15) is 35.6 Å². The highest BCUT2D eigenvalue weighted by Gasteiger charge is 2.41. The van der Waals surface area contributed by atoms with Gasteiger partial charge < -0.3 is 24.0 Å². The second-order valence-electron chi connectivity index (χ2n) is 14.3. The lowest BCUT2D eigenvalue weighted by Gasteiger charge is -2.43. The van der Waals surface area contributed by atoms with Crippen molar-refractivity contribution in [1.29, 1.82) is 0 Å². The highest BCUT2D eigenvalue weighted by atomic mass is 32.1. The van der Waals surface area contributed by atoms with Crippen LogP contribution in [0.2, 0.25) is 0 Å². The van der Waals surface area contributed by atoms with Gasteiger partial charge in [-0.3, -0.25) is 19.1 Å². The number of methoxy groups -OCH3 is 2. The summed E-state index contributed by atoms with van der Waals surface area (Å²) in [6, 6.07) is 20.2. The van der Waals surface area contributed by atoms with Gasteiger partial charge in [-0.1, -0.05) is 30.3 Å². The first-order valence-electron chi connectivity index (χ1n) is 18.4. The molecule has 0 spiro atoms. The van der Waals surface area contributed by atoms with Gasteiger partial charge in [0, 0.05) is 79.2 Å². The van der Waals surface area contributed by atoms with Gasteiger partial charge in [0.2, 0.25) is 11.8 Å². The normalized spacial score (nSPS) is 18.7. The summed E-state index contributed by atoms with van der Waals surface area (Å²) in [5, 5.41) is 13.0. The van der Waals surface area contributed by atoms with Crippen molar-refractivity contribution in [3.63, 3.8) is 0 Å². The summed E-state index contributed by atoms with van der Waals surface area (Å²) in [6.07, 6.45) is 8.25. The van der Waals surface area contributed by atoms with Crippen LogP contribution in [0.5, 0.6) is 11.6 Å². The van der Waals surface area contributed by atoms with E-state index < -0.39 is 11.4 Å². The zero-order valence-corrected chi connectivity index (χ0v) is 31.5. The van der Waals surface area contributed by atoms with Crippen LogP contribution in [0.3, 0.4) is 0 Å². The Hall–Kier alpha value is -5.44. The molecule has 0 bridgehead atoms. The van der Waals surface area contributed by atoms with Crippen molar-refractivity contribution in [3.8, 4) is 27.9 Å². The molecule has 6 heterocycles. The fraction of sp³-hybridized carbons (Fsp3) is 0.341. The van der Waals surface area contributed by atoms with Crippen molar-refractivity contribution in [2.75, 3.05) is 40.4 Å². The summed E-state index contributed by atoms with van der Waals surface area (Å²) < 4.78 is 27.5. The molecule has 0 aliphatic carbocycles. The molecule has 2 aliphatic rings. The van der Waals surface area contributed by atoms with Crippen LogP contribution < -0.4 is 15.0 Å². The van der Waals surface area contributed by atoms with Crippen LogP contribution in [-0.4, -0.2) is 90.9 Å². The Labute approximate surface area is 321 Å². The second-order valence-corrected chi connectivity index (χ2v) is 15.5. The zero-order chi connectivity index (χ0) is 38.1. The van der Waals surface area contributed by atoms with E-state index in [1.54, 1.807) is 53.6 Å². The highest BCUT2D eigenvalue weighted by molar-refractivity contribution is 7.15. The summed E-state index contributed by atoms with van der Waals surface area (Å²) in [6.45, 7) is 3.12. The molecule has 4 aromatic heterocycles. The smallest absolute Gasteiger partial charge is 0.262 e. The summed E-state index contributed by atoms with van der Waals surface area (Å²) in [5.41, 5.74) is 1.65. The maximum Gasteiger partial charge on any atom is 0.262 e. The number of nitrogens with zero attached hydrogens (tertiary/aromatic N) is 7. The van der Waals surface area contributed by atoms with Crippen LogP contribution in [-0.2, 0) is 17.9 Å². The van der Waals surface area contributed by atoms with Crippen molar-refractivity contribution in [1.82, 2.24) is 33.9 Å². The van der Waals surface area contributed by atoms with Gasteiger partial charge in [-0.15, -0.1) is 11.3 Å². The van der Waals surface area contributed by atoms with Gasteiger partial charge >= 0.3 is 0 Å². The number of carbonyl (C=O) groups is 1. The Bertz CT molecular complexity index is 2350. The molecular weight excluding hydrogens is 722 g/mol. The average Bonchev–Trinajstić information content (AvgIpc) is 3.88. The third-order valence-electron chi connectivity index (χ3n) is 10.9. The molecule has 6 aromatic rings. The maximum atomic E-state index is 14.3. The summed E-state index contributed by atoms with van der Waals surface area (Å²) in [7, 11) is 2.99. The number of halogens is 1. The van der Waals surface area contributed by atoms with Crippen molar-refractivity contribution < 1.29 is 23.8 Å². The minimum Gasteiger partial charge on any atom is -0.494 e. The van der Waals surface area contributed by atoms with Crippen molar-refractivity contribution in [3.05, 3.63) is 118 Å². The van der Waals surface area contributed by atoms with E-state index in [1.807, 2.05) is 41.4 Å². The predicted molar refractivity (Wildman–Crippen MR) is 207 cm³/mol. The molecule has 1 N–H and O–H groups in total. The van der Waals surface area contributed by atoms with Crippen molar-refractivity contribution in [2.24, 2.45) is 5.92 Å². The molecular formula is C41H42FN7O5S. The second kappa shape index (κ2) is 15.4. The van der Waals surface area contributed by atoms with Crippen molar-refractivity contribution >= 4 is 28.3 Å². The van der Waals surface area contributed by atoms with E-state index in [2.05, 4.69) is 32.0 Å². The molecule has 284 valence electrons. The summed E-state index contributed by atoms with van der Waals surface area (Å²) in [4.78, 5) is 46.8. The zero-order valence-electron chi connectivity index (χ0n) is 30.7. The van der Waals surface area contributed by atoms with E-state index in [9.17, 15) is 19.1 Å². The van der Waals surface area contributed by atoms with Gasteiger partial charge in [-0.2, -0.15) is 0 Å². The number of fused-ring (bicyclic) bond motifs is 1. The SMILES string of the molecule is COc1ccc(-c2ncc(CN3CC[C@@H](C(=O)N4CCC(O)(Cn5cnc6c(ccn6-c6ccc(F)c(OC)c6)c5=O)CC4)[C@H](c4ccccc4)C3)s2)cn1. The van der Waals surface area contributed by atoms with Gasteiger partial charge in [-0.25, -0.2) is 19.3 Å². The number of aliphatic hydroxyl groups is 1. The van der Waals surface area contributed by atoms with E-state index in [0.29, 0.717) is 48.5 Å². The number of rotatable bonds is 10. The van der Waals surface area contributed by atoms with Gasteiger partial charge in [0.15, 0.2) is 17.2 Å². The number of benzene rings is 2. The first-order valence-corrected chi connectivity index (χ1v) is 19.2. The Morgan fingerprint density at radius 3 is 2.55 bits per heavy atom. The maximum absolute atomic E-state index is 14.3. The van der Waals surface area contributed by atoms with E-state index >= 15 is 0 Å². The van der Waals surface area contributed by atoms with E-state index in [-0.39, 0.29) is 35.6 Å². The van der Waals surface area contributed by atoms with Crippen LogP contribution in [0, 0.1) is 11.7 Å². The Balaban J connectivity index is 0.923. The number of likely N-dealkylation sites (tertiary alicyclic amines) is 2. The molecule has 2 fully saturated rings. The van der Waals surface area contributed by atoms with E-state index in [4.69, 9.17) is 9.47 Å². The van der Waals surface area contributed by atoms with Gasteiger partial charge in [-0.05, 0) is 55.6 Å². The average molecular weight is 764 g/mol. The first-order chi connectivity index (χ1) is 26.7. The van der Waals surface area contributed by atoms with Crippen LogP contribution >= 0.6 is 11.3 Å². The molecule has 55 heavy (non-hydrogen) atoms. The Morgan fingerprint density at radius 1 is 0.982 bits per heavy atom. The number of ether oxygens (including phenoxy) is 2. The van der Waals surface area contributed by atoms with E-state index in [0.717, 1.165) is 47.1 Å². The standard InChI is InChI=1S/C41H42FN7O5S/c1-53-35-20-29(9-10-34(35)42)49-17-13-32-37(49)45-26-48(40(32)51)25-41(52)14-18-47(19-15-41)39(50)31-12-16-46(24-33(31)27-6-4-3-5-7-27)23-30-22-44-38(55-30)28-8-11-36(54-2)43-21-28/h3-11,13,17,20-22,26,31,33,52H,12,14-16,18-19,23-25H2,1-2H3/t31-,33+/m1/s1. The lowest BCUT2D eigenvalue weighted by molar-refractivity contribution is -0.142. The minimum atomic E-state index is -1.18. The van der Waals surface area contributed by atoms with Crippen LogP contribution in [0.4, 0.5) is 4.39 Å². The fourth-order valence-corrected chi connectivity index (χ4v) is 8.83. The lowest BCUT2D eigenvalue weighted by Crippen LogP contribution is -2.53. The van der Waals surface area contributed by atoms with Gasteiger partial charge in [0.25, 0.3) is 5.56 Å². The molecule has 2 saturated heterocycles. The summed E-state index contributed by atoms with van der Waals surface area (Å²) >= 11 is 1.65. The van der Waals surface area contributed by atoms with Crippen LogP contribution in [0.15, 0.2) is 96.4 Å². The quantitative estimate of drug-likeness (QED) is 0.192. The van der Waals surface area contributed by atoms with Gasteiger partial charge in [0.05, 0.1) is 37.4 Å². The monoisotopic (exact) mass is 763 g/mol. The van der Waals surface area contributed by atoms with Crippen LogP contribution in [0.25, 0.3) is 27.3 Å². The molecule has 2 aromatic carbocycles. The molecule has 2 aliphatic heterocycles. The Kier molecular flexibility index (Phi) is 10.2. The topological polar surface area (TPSA) is 128 Å². The number of pyridine rings is 1. The molecule has 8 rings (SSSR count). The third-order valence-corrected chi connectivity index (χ3v) is 12.0. The molecule has 12 nitrogen and oxygen atoms in total. The largest absolute Gasteiger partial charge is 0.494 e. The Morgan fingerprint density at radius 2 is 1.80 bits per heavy atom. The first kappa shape index (κ1) is 36.5. The molecule has 0 unspecified atom stereocenters. The summed E-state index contributed by atoms with van der Waals surface area (Å²) in [5.74, 6) is 0.107. The molecule has 0 radical (unpaired) electrons.